The standard InChI is InChI=1S/C50H62N4O13/c1-23(2)53-16-18-54(19-17-53)31-21-32(56)38-34(22-31)66-47-39(51-38)35-36-43(59)29(8)46-37(35)48(61)50(10,67-46)64-20-15-33(63-11)26(5)45(65-30(9)55)28(7)42(58)27(6)41(57)24(3)13-12-14-25(4)49(62)52-40(47)44(36)60/h12-15,20-24,26-28,33,41-42,45,57-59,61H,16-19H2,1-11H3,(H,52,62)/b13-12+,20-15+,25-14-/t24-,26+,27+,28+,33-,41-,42+,45+,50-/m0/s1. The van der Waals surface area contributed by atoms with Gasteiger partial charge in [-0.05, 0) is 33.8 Å². The molecule has 17 nitrogen and oxygen atoms in total. The fourth-order valence-corrected chi connectivity index (χ4v) is 9.56. The molecule has 1 saturated heterocycles. The summed E-state index contributed by atoms with van der Waals surface area (Å²) < 4.78 is 30.5. The van der Waals surface area contributed by atoms with Crippen molar-refractivity contribution in [3.63, 3.8) is 0 Å². The van der Waals surface area contributed by atoms with Gasteiger partial charge in [0.2, 0.25) is 10.9 Å². The predicted octanol–water partition coefficient (Wildman–Crippen LogP) is 5.09. The highest BCUT2D eigenvalue weighted by molar-refractivity contribution is 6.16. The Balaban J connectivity index is 1.47. The van der Waals surface area contributed by atoms with Gasteiger partial charge in [0.25, 0.3) is 5.91 Å². The van der Waals surface area contributed by atoms with Crippen LogP contribution in [0.5, 0.6) is 11.5 Å². The van der Waals surface area contributed by atoms with Crippen LogP contribution in [0.4, 0.5) is 11.4 Å². The summed E-state index contributed by atoms with van der Waals surface area (Å²) in [7, 11) is 1.44. The van der Waals surface area contributed by atoms with E-state index in [1.165, 1.54) is 59.3 Å². The lowest BCUT2D eigenvalue weighted by molar-refractivity contribution is -0.160. The Labute approximate surface area is 387 Å². The summed E-state index contributed by atoms with van der Waals surface area (Å²) in [6.07, 6.45) is 3.56. The van der Waals surface area contributed by atoms with Crippen LogP contribution in [0.3, 0.4) is 0 Å². The molecule has 9 atom stereocenters. The highest BCUT2D eigenvalue weighted by Crippen LogP contribution is 2.42. The zero-order valence-electron chi connectivity index (χ0n) is 39.9. The maximum absolute atomic E-state index is 14.9. The second kappa shape index (κ2) is 18.9. The van der Waals surface area contributed by atoms with Gasteiger partial charge in [0.1, 0.15) is 28.8 Å². The second-order valence-corrected chi connectivity index (χ2v) is 18.7. The van der Waals surface area contributed by atoms with Crippen LogP contribution >= 0.6 is 0 Å². The highest BCUT2D eigenvalue weighted by Gasteiger charge is 2.44. The Hall–Kier alpha value is -6.01. The van der Waals surface area contributed by atoms with Crippen molar-refractivity contribution in [3.05, 3.63) is 79.5 Å². The molecule has 1 aromatic heterocycles. The molecule has 3 aliphatic heterocycles. The molecule has 7 rings (SSSR count). The number of rotatable bonds is 4. The van der Waals surface area contributed by atoms with Crippen molar-refractivity contribution in [2.24, 2.45) is 23.7 Å². The van der Waals surface area contributed by atoms with Gasteiger partial charge in [-0.1, -0.05) is 45.9 Å². The maximum atomic E-state index is 14.9. The number of allylic oxidation sites excluding steroid dienone is 2. The molecule has 1 fully saturated rings. The first-order valence-corrected chi connectivity index (χ1v) is 22.7. The van der Waals surface area contributed by atoms with E-state index in [0.29, 0.717) is 24.8 Å². The first kappa shape index (κ1) is 48.9. The monoisotopic (exact) mass is 926 g/mol. The molecular formula is C50H62N4O13. The number of phenolic OH excluding ortho intramolecular Hbond substituents is 1. The molecule has 4 heterocycles. The van der Waals surface area contributed by atoms with Crippen molar-refractivity contribution in [3.8, 4) is 11.5 Å². The van der Waals surface area contributed by atoms with E-state index in [9.17, 15) is 39.6 Å². The van der Waals surface area contributed by atoms with Crippen LogP contribution in [-0.4, -0.2) is 112 Å². The van der Waals surface area contributed by atoms with Crippen LogP contribution in [0.1, 0.15) is 67.9 Å². The lowest BCUT2D eigenvalue weighted by atomic mass is 9.78. The summed E-state index contributed by atoms with van der Waals surface area (Å²) in [4.78, 5) is 64.5. The van der Waals surface area contributed by atoms with Crippen LogP contribution in [-0.2, 0) is 23.8 Å². The topological polar surface area (TPSA) is 231 Å². The number of ether oxygens (including phenoxy) is 4. The largest absolute Gasteiger partial charge is 0.507 e. The van der Waals surface area contributed by atoms with Gasteiger partial charge in [-0.2, -0.15) is 0 Å². The number of carbonyl (C=O) groups is 2. The van der Waals surface area contributed by atoms with E-state index in [4.69, 9.17) is 28.3 Å². The predicted molar refractivity (Wildman–Crippen MR) is 254 cm³/mol. The molecular weight excluding hydrogens is 865 g/mol. The number of fused-ring (bicyclic) bond motifs is 2. The third kappa shape index (κ3) is 8.97. The van der Waals surface area contributed by atoms with Crippen molar-refractivity contribution in [1.29, 1.82) is 0 Å². The zero-order chi connectivity index (χ0) is 49.0. The average Bonchev–Trinajstić information content (AvgIpc) is 3.56. The fraction of sp³-hybridized carbons (Fsp3) is 0.500. The SMILES string of the molecule is CO[C@H]1/C=C/O[C@@]2(C)Oc3c(C)c(O)c4c(=O)c(c5oc6cc(N7CCN(C(C)C)CC7)cc(=O)c6nc5c4c3=C2O)NC(=O)/C(C)=C\C=C\[C@H](C)[C@H](O)[C@@H](C)[C@@H](O)[C@@H](C)[C@H](OC(C)=O)[C@@H]1C. The lowest BCUT2D eigenvalue weighted by Gasteiger charge is -2.38. The molecule has 3 aliphatic rings. The number of aromatic hydroxyl groups is 1. The first-order chi connectivity index (χ1) is 31.6. The lowest BCUT2D eigenvalue weighted by Crippen LogP contribution is -2.49. The minimum Gasteiger partial charge on any atom is -0.507 e. The van der Waals surface area contributed by atoms with Crippen LogP contribution in [0, 0.1) is 30.6 Å². The second-order valence-electron chi connectivity index (χ2n) is 18.7. The number of hydrogen-bond donors (Lipinski definition) is 5. The zero-order valence-corrected chi connectivity index (χ0v) is 39.9. The van der Waals surface area contributed by atoms with E-state index in [-0.39, 0.29) is 60.8 Å². The molecule has 360 valence electrons. The highest BCUT2D eigenvalue weighted by atomic mass is 16.7. The number of hydrogen-bond acceptors (Lipinski definition) is 16. The Morgan fingerprint density at radius 3 is 2.27 bits per heavy atom. The molecule has 0 saturated carbocycles. The van der Waals surface area contributed by atoms with Gasteiger partial charge in [-0.25, -0.2) is 4.98 Å². The molecule has 0 radical (unpaired) electrons. The fourth-order valence-electron chi connectivity index (χ4n) is 9.56. The van der Waals surface area contributed by atoms with Crippen LogP contribution < -0.4 is 31.0 Å². The summed E-state index contributed by atoms with van der Waals surface area (Å²) in [6, 6.07) is 3.50. The number of esters is 1. The molecule has 4 bridgehead atoms. The minimum absolute atomic E-state index is 0.0359. The summed E-state index contributed by atoms with van der Waals surface area (Å²) in [5.74, 6) is -6.93. The Morgan fingerprint density at radius 2 is 1.63 bits per heavy atom. The third-order valence-corrected chi connectivity index (χ3v) is 13.8. The van der Waals surface area contributed by atoms with E-state index in [2.05, 4.69) is 29.0 Å². The van der Waals surface area contributed by atoms with Crippen molar-refractivity contribution in [1.82, 2.24) is 9.88 Å². The summed E-state index contributed by atoms with van der Waals surface area (Å²) in [5, 5.41) is 49.3. The number of piperazine rings is 1. The number of phenols is 1. The van der Waals surface area contributed by atoms with Gasteiger partial charge in [-0.3, -0.25) is 24.1 Å². The summed E-state index contributed by atoms with van der Waals surface area (Å²) in [5.41, 5.74) is -1.37. The number of anilines is 2. The molecule has 0 aliphatic carbocycles. The van der Waals surface area contributed by atoms with E-state index in [0.717, 1.165) is 13.1 Å². The molecule has 0 spiro atoms. The molecule has 3 aromatic carbocycles. The van der Waals surface area contributed by atoms with Gasteiger partial charge >= 0.3 is 11.8 Å². The van der Waals surface area contributed by atoms with Crippen LogP contribution in [0.2, 0.25) is 0 Å². The Morgan fingerprint density at radius 1 is 0.940 bits per heavy atom. The normalized spacial score (nSPS) is 29.8. The van der Waals surface area contributed by atoms with Crippen molar-refractivity contribution >= 4 is 62.0 Å². The van der Waals surface area contributed by atoms with E-state index >= 15 is 0 Å². The number of nitrogens with zero attached hydrogens (tertiary/aromatic N) is 3. The summed E-state index contributed by atoms with van der Waals surface area (Å²) >= 11 is 0. The number of aromatic nitrogens is 1. The molecule has 5 N–H and O–H groups in total. The van der Waals surface area contributed by atoms with Gasteiger partial charge < -0.3 is 54.0 Å². The van der Waals surface area contributed by atoms with Crippen molar-refractivity contribution in [2.75, 3.05) is 43.5 Å². The van der Waals surface area contributed by atoms with E-state index < -0.39 is 88.1 Å². The first-order valence-electron chi connectivity index (χ1n) is 22.7. The Bertz CT molecular complexity index is 2880. The Kier molecular flexibility index (Phi) is 13.8. The molecule has 67 heavy (non-hydrogen) atoms. The number of aliphatic hydroxyl groups is 3. The number of nitrogens with one attached hydrogen (secondary N) is 1. The van der Waals surface area contributed by atoms with Gasteiger partial charge in [0.15, 0.2) is 22.4 Å². The summed E-state index contributed by atoms with van der Waals surface area (Å²) in [6.45, 7) is 19.7. The number of methoxy groups -OCH3 is 1. The minimum atomic E-state index is -1.98. The number of benzene rings is 3. The van der Waals surface area contributed by atoms with Crippen LogP contribution in [0.15, 0.2) is 62.3 Å². The number of carbonyl (C=O) groups excluding carboxylic acids is 2. The smallest absolute Gasteiger partial charge is 0.307 e. The third-order valence-electron chi connectivity index (χ3n) is 13.8. The number of amides is 1. The molecule has 17 heteroatoms. The van der Waals surface area contributed by atoms with Gasteiger partial charge in [0.05, 0.1) is 35.2 Å². The van der Waals surface area contributed by atoms with Crippen molar-refractivity contribution < 1.29 is 53.4 Å². The van der Waals surface area contributed by atoms with Gasteiger partial charge in [-0.15, -0.1) is 0 Å². The van der Waals surface area contributed by atoms with Crippen molar-refractivity contribution in [2.45, 2.75) is 105 Å². The van der Waals surface area contributed by atoms with Crippen LogP contribution in [0.25, 0.3) is 38.7 Å². The maximum Gasteiger partial charge on any atom is 0.307 e. The quantitative estimate of drug-likeness (QED) is 0.102. The molecule has 1 amide bonds. The van der Waals surface area contributed by atoms with E-state index in [1.807, 2.05) is 0 Å². The van der Waals surface area contributed by atoms with E-state index in [1.54, 1.807) is 45.9 Å². The van der Waals surface area contributed by atoms with Gasteiger partial charge in [0, 0.05) is 111 Å². The molecule has 0 unspecified atom stereocenters. The average molecular weight is 927 g/mol. The molecule has 4 aromatic rings. The number of aliphatic hydroxyl groups excluding tert-OH is 3.